The summed E-state index contributed by atoms with van der Waals surface area (Å²) >= 11 is 9.72. The fourth-order valence-electron chi connectivity index (χ4n) is 4.78. The van der Waals surface area contributed by atoms with Gasteiger partial charge in [-0.1, -0.05) is 77.3 Å². The zero-order chi connectivity index (χ0) is 24.9. The number of amides is 1. The Kier molecular flexibility index (Phi) is 8.28. The van der Waals surface area contributed by atoms with Gasteiger partial charge in [0, 0.05) is 22.0 Å². The maximum absolute atomic E-state index is 14.0. The number of rotatable bonds is 7. The molecule has 0 N–H and O–H groups in total. The topological polar surface area (TPSA) is 53.3 Å². The minimum Gasteiger partial charge on any atom is -0.358 e. The zero-order valence-electron chi connectivity index (χ0n) is 19.8. The van der Waals surface area contributed by atoms with Crippen molar-refractivity contribution in [3.8, 4) is 6.07 Å². The first-order chi connectivity index (χ1) is 16.9. The Morgan fingerprint density at radius 2 is 1.66 bits per heavy atom. The lowest BCUT2D eigenvalue weighted by Gasteiger charge is -2.47. The van der Waals surface area contributed by atoms with Gasteiger partial charge in [-0.3, -0.25) is 4.79 Å². The lowest BCUT2D eigenvalue weighted by atomic mass is 9.89. The van der Waals surface area contributed by atoms with Crippen LogP contribution >= 0.6 is 27.5 Å². The molecule has 1 aliphatic rings. The molecule has 1 amide bonds. The van der Waals surface area contributed by atoms with Gasteiger partial charge in [0.25, 0.3) is 5.91 Å². The summed E-state index contributed by atoms with van der Waals surface area (Å²) in [5.41, 5.74) is 3.56. The summed E-state index contributed by atoms with van der Waals surface area (Å²) in [6.07, 6.45) is 1.33. The molecule has 0 radical (unpaired) electrons. The predicted molar refractivity (Wildman–Crippen MR) is 142 cm³/mol. The van der Waals surface area contributed by atoms with E-state index in [4.69, 9.17) is 21.6 Å². The SMILES string of the molecule is CCC[C@H](C)N1C(=O)[C@@H](Cc2ccc(C#N)cc2)O[C@H](c2ccc(Cl)cc2)[C@@H]1c1ccc(Br)cc1. The molecule has 0 aliphatic carbocycles. The van der Waals surface area contributed by atoms with Crippen molar-refractivity contribution in [3.05, 3.63) is 105 Å². The number of nitriles is 1. The monoisotopic (exact) mass is 550 g/mol. The van der Waals surface area contributed by atoms with Crippen molar-refractivity contribution in [3.63, 3.8) is 0 Å². The molecule has 1 saturated heterocycles. The molecule has 1 heterocycles. The van der Waals surface area contributed by atoms with Crippen LogP contribution < -0.4 is 0 Å². The highest BCUT2D eigenvalue weighted by Crippen LogP contribution is 2.44. The van der Waals surface area contributed by atoms with E-state index in [-0.39, 0.29) is 24.1 Å². The molecule has 4 atom stereocenters. The first kappa shape index (κ1) is 25.4. The molecule has 1 aliphatic heterocycles. The second-order valence-corrected chi connectivity index (χ2v) is 10.3. The molecule has 4 nitrogen and oxygen atoms in total. The van der Waals surface area contributed by atoms with E-state index in [9.17, 15) is 4.79 Å². The Hall–Kier alpha value is -2.65. The molecule has 35 heavy (non-hydrogen) atoms. The first-order valence-electron chi connectivity index (χ1n) is 11.9. The molecule has 0 aromatic heterocycles. The summed E-state index contributed by atoms with van der Waals surface area (Å²) in [5, 5.41) is 9.78. The number of morpholine rings is 1. The average molecular weight is 552 g/mol. The van der Waals surface area contributed by atoms with Gasteiger partial charge in [0.05, 0.1) is 17.7 Å². The summed E-state index contributed by atoms with van der Waals surface area (Å²) in [7, 11) is 0. The smallest absolute Gasteiger partial charge is 0.252 e. The maximum Gasteiger partial charge on any atom is 0.252 e. The molecule has 1 fully saturated rings. The number of ether oxygens (including phenoxy) is 1. The van der Waals surface area contributed by atoms with E-state index in [0.717, 1.165) is 34.0 Å². The van der Waals surface area contributed by atoms with Crippen molar-refractivity contribution in [2.45, 2.75) is 57.4 Å². The minimum atomic E-state index is -0.630. The average Bonchev–Trinajstić information content (AvgIpc) is 2.86. The van der Waals surface area contributed by atoms with Crippen LogP contribution in [-0.4, -0.2) is 23.0 Å². The zero-order valence-corrected chi connectivity index (χ0v) is 22.2. The van der Waals surface area contributed by atoms with E-state index in [1.165, 1.54) is 0 Å². The molecule has 0 saturated carbocycles. The summed E-state index contributed by atoms with van der Waals surface area (Å²) < 4.78 is 7.62. The fourth-order valence-corrected chi connectivity index (χ4v) is 5.17. The molecule has 3 aromatic rings. The summed E-state index contributed by atoms with van der Waals surface area (Å²) in [6.45, 7) is 4.26. The summed E-state index contributed by atoms with van der Waals surface area (Å²) in [6, 6.07) is 25.1. The quantitative estimate of drug-likeness (QED) is 0.307. The van der Waals surface area contributed by atoms with E-state index in [1.807, 2.05) is 53.4 Å². The van der Waals surface area contributed by atoms with Gasteiger partial charge in [0.2, 0.25) is 0 Å². The van der Waals surface area contributed by atoms with E-state index in [2.05, 4.69) is 48.0 Å². The van der Waals surface area contributed by atoms with Gasteiger partial charge in [0.1, 0.15) is 12.2 Å². The van der Waals surface area contributed by atoms with Crippen LogP contribution in [-0.2, 0) is 16.0 Å². The summed E-state index contributed by atoms with van der Waals surface area (Å²) in [5.74, 6) is -0.00607. The number of hydrogen-bond donors (Lipinski definition) is 0. The second kappa shape index (κ2) is 11.4. The van der Waals surface area contributed by atoms with Crippen molar-refractivity contribution in [2.24, 2.45) is 0 Å². The van der Waals surface area contributed by atoms with Gasteiger partial charge in [-0.15, -0.1) is 0 Å². The normalized spacial score (nSPS) is 20.9. The molecule has 0 spiro atoms. The standard InChI is InChI=1S/C29H28BrClN2O2/c1-3-4-19(2)33-27(22-9-13-24(30)14-10-22)28(23-11-15-25(31)16-12-23)35-26(29(33)34)17-20-5-7-21(18-32)8-6-20/h5-16,19,26-28H,3-4,17H2,1-2H3/t19-,26+,27-,28+/m0/s1. The van der Waals surface area contributed by atoms with Gasteiger partial charge >= 0.3 is 0 Å². The number of carbonyl (C=O) groups excluding carboxylic acids is 1. The van der Waals surface area contributed by atoms with Gasteiger partial charge in [-0.2, -0.15) is 5.26 Å². The van der Waals surface area contributed by atoms with Crippen molar-refractivity contribution in [1.29, 1.82) is 5.26 Å². The Morgan fingerprint density at radius 3 is 2.26 bits per heavy atom. The molecule has 4 rings (SSSR count). The van der Waals surface area contributed by atoms with Crippen LogP contribution in [0.25, 0.3) is 0 Å². The van der Waals surface area contributed by atoms with Crippen LogP contribution in [0.15, 0.2) is 77.3 Å². The molecule has 0 bridgehead atoms. The van der Waals surface area contributed by atoms with E-state index in [1.54, 1.807) is 12.1 Å². The van der Waals surface area contributed by atoms with Crippen molar-refractivity contribution >= 4 is 33.4 Å². The maximum atomic E-state index is 14.0. The van der Waals surface area contributed by atoms with Gasteiger partial charge in [-0.05, 0) is 66.4 Å². The minimum absolute atomic E-state index is 0.00607. The molecule has 180 valence electrons. The van der Waals surface area contributed by atoms with Crippen LogP contribution in [0.5, 0.6) is 0 Å². The fraction of sp³-hybridized carbons (Fsp3) is 0.310. The Labute approximate surface area is 220 Å². The largest absolute Gasteiger partial charge is 0.358 e. The van der Waals surface area contributed by atoms with Crippen LogP contribution in [0.2, 0.25) is 5.02 Å². The van der Waals surface area contributed by atoms with E-state index >= 15 is 0 Å². The van der Waals surface area contributed by atoms with Gasteiger partial charge in [0.15, 0.2) is 0 Å². The number of halogens is 2. The number of benzene rings is 3. The molecular formula is C29H28BrClN2O2. The first-order valence-corrected chi connectivity index (χ1v) is 13.1. The third-order valence-corrected chi connectivity index (χ3v) is 7.30. The van der Waals surface area contributed by atoms with Crippen molar-refractivity contribution in [2.75, 3.05) is 0 Å². The van der Waals surface area contributed by atoms with Crippen LogP contribution in [0.3, 0.4) is 0 Å². The highest BCUT2D eigenvalue weighted by atomic mass is 79.9. The van der Waals surface area contributed by atoms with Gasteiger partial charge in [-0.25, -0.2) is 0 Å². The molecule has 6 heteroatoms. The van der Waals surface area contributed by atoms with Crippen LogP contribution in [0.4, 0.5) is 0 Å². The Morgan fingerprint density at radius 1 is 1.03 bits per heavy atom. The highest BCUT2D eigenvalue weighted by molar-refractivity contribution is 9.10. The molecule has 3 aromatic carbocycles. The Bertz CT molecular complexity index is 1190. The van der Waals surface area contributed by atoms with Gasteiger partial charge < -0.3 is 9.64 Å². The number of hydrogen-bond acceptors (Lipinski definition) is 3. The van der Waals surface area contributed by atoms with Crippen LogP contribution in [0, 0.1) is 11.3 Å². The predicted octanol–water partition coefficient (Wildman–Crippen LogP) is 7.42. The third-order valence-electron chi connectivity index (χ3n) is 6.52. The van der Waals surface area contributed by atoms with Crippen molar-refractivity contribution < 1.29 is 9.53 Å². The summed E-state index contributed by atoms with van der Waals surface area (Å²) in [4.78, 5) is 16.0. The molecule has 0 unspecified atom stereocenters. The number of nitrogens with zero attached hydrogens (tertiary/aromatic N) is 2. The number of carbonyl (C=O) groups is 1. The second-order valence-electron chi connectivity index (χ2n) is 8.99. The lowest BCUT2D eigenvalue weighted by Crippen LogP contribution is -2.54. The third kappa shape index (κ3) is 5.78. The van der Waals surface area contributed by atoms with E-state index < -0.39 is 6.10 Å². The van der Waals surface area contributed by atoms with Crippen LogP contribution in [0.1, 0.15) is 61.1 Å². The highest BCUT2D eigenvalue weighted by Gasteiger charge is 2.45. The Balaban J connectivity index is 1.77. The van der Waals surface area contributed by atoms with E-state index in [0.29, 0.717) is 17.0 Å². The molecular weight excluding hydrogens is 524 g/mol. The van der Waals surface area contributed by atoms with Crippen molar-refractivity contribution in [1.82, 2.24) is 4.90 Å². The lowest BCUT2D eigenvalue weighted by molar-refractivity contribution is -0.178.